The molecule has 1 aliphatic rings. The zero-order valence-corrected chi connectivity index (χ0v) is 13.7. The van der Waals surface area contributed by atoms with Crippen LogP contribution >= 0.6 is 0 Å². The minimum atomic E-state index is 0.0988. The molecule has 0 aliphatic carbocycles. The summed E-state index contributed by atoms with van der Waals surface area (Å²) in [4.78, 5) is 9.27. The van der Waals surface area contributed by atoms with E-state index < -0.39 is 0 Å². The summed E-state index contributed by atoms with van der Waals surface area (Å²) in [6.07, 6.45) is 3.19. The van der Waals surface area contributed by atoms with Gasteiger partial charge in [0.05, 0.1) is 6.61 Å². The molecule has 0 aromatic carbocycles. The van der Waals surface area contributed by atoms with Crippen molar-refractivity contribution in [1.82, 2.24) is 14.8 Å². The third kappa shape index (κ3) is 4.77. The van der Waals surface area contributed by atoms with Crippen molar-refractivity contribution >= 4 is 0 Å². The van der Waals surface area contributed by atoms with Crippen molar-refractivity contribution in [2.75, 3.05) is 46.9 Å². The molecule has 0 spiro atoms. The largest absolute Gasteiger partial charge is 0.396 e. The van der Waals surface area contributed by atoms with E-state index in [2.05, 4.69) is 41.0 Å². The highest BCUT2D eigenvalue weighted by Gasteiger charge is 2.34. The summed E-state index contributed by atoms with van der Waals surface area (Å²) in [7, 11) is 4.18. The van der Waals surface area contributed by atoms with Crippen molar-refractivity contribution in [1.29, 1.82) is 0 Å². The maximum Gasteiger partial charge on any atom is 0.0500 e. The fraction of sp³-hybridized carbons (Fsp3) is 0.706. The number of hydrogen-bond donors (Lipinski definition) is 1. The summed E-state index contributed by atoms with van der Waals surface area (Å²) in [6.45, 7) is 6.57. The lowest BCUT2D eigenvalue weighted by Crippen LogP contribution is -2.47. The number of rotatable bonds is 6. The van der Waals surface area contributed by atoms with Gasteiger partial charge >= 0.3 is 0 Å². The van der Waals surface area contributed by atoms with Gasteiger partial charge in [-0.25, -0.2) is 0 Å². The number of likely N-dealkylation sites (tertiary alicyclic amines) is 1. The molecule has 4 nitrogen and oxygen atoms in total. The predicted molar refractivity (Wildman–Crippen MR) is 86.4 cm³/mol. The van der Waals surface area contributed by atoms with Crippen molar-refractivity contribution in [3.8, 4) is 0 Å². The van der Waals surface area contributed by atoms with E-state index in [1.54, 1.807) is 0 Å². The Hall–Kier alpha value is -0.970. The number of pyridine rings is 1. The third-order valence-electron chi connectivity index (χ3n) is 4.53. The molecule has 2 rings (SSSR count). The van der Waals surface area contributed by atoms with Crippen molar-refractivity contribution < 1.29 is 5.11 Å². The zero-order valence-electron chi connectivity index (χ0n) is 13.7. The van der Waals surface area contributed by atoms with E-state index in [1.165, 1.54) is 5.69 Å². The molecule has 0 amide bonds. The summed E-state index contributed by atoms with van der Waals surface area (Å²) in [5, 5.41) is 9.76. The summed E-state index contributed by atoms with van der Waals surface area (Å²) < 4.78 is 0. The number of aliphatic hydroxyl groups is 1. The van der Waals surface area contributed by atoms with Crippen LogP contribution in [0.2, 0.25) is 0 Å². The Morgan fingerprint density at radius 1 is 1.29 bits per heavy atom. The van der Waals surface area contributed by atoms with Crippen LogP contribution < -0.4 is 0 Å². The van der Waals surface area contributed by atoms with Gasteiger partial charge in [0, 0.05) is 36.3 Å². The van der Waals surface area contributed by atoms with Gasteiger partial charge in [-0.15, -0.1) is 0 Å². The van der Waals surface area contributed by atoms with Crippen molar-refractivity contribution in [3.63, 3.8) is 0 Å². The fourth-order valence-corrected chi connectivity index (χ4v) is 3.30. The second-order valence-electron chi connectivity index (χ2n) is 6.76. The smallest absolute Gasteiger partial charge is 0.0500 e. The van der Waals surface area contributed by atoms with Crippen LogP contribution in [0.3, 0.4) is 0 Å². The molecule has 2 heterocycles. The van der Waals surface area contributed by atoms with Crippen LogP contribution in [0, 0.1) is 12.3 Å². The molecule has 1 aromatic rings. The van der Waals surface area contributed by atoms with Crippen LogP contribution in [0.5, 0.6) is 0 Å². The van der Waals surface area contributed by atoms with Gasteiger partial charge in [-0.1, -0.05) is 6.07 Å². The first kappa shape index (κ1) is 16.4. The first-order valence-electron chi connectivity index (χ1n) is 7.93. The van der Waals surface area contributed by atoms with Gasteiger partial charge in [0.15, 0.2) is 0 Å². The highest BCUT2D eigenvalue weighted by molar-refractivity contribution is 5.10. The average molecular weight is 291 g/mol. The maximum absolute atomic E-state index is 9.76. The van der Waals surface area contributed by atoms with Gasteiger partial charge in [-0.3, -0.25) is 4.98 Å². The number of hydrogen-bond acceptors (Lipinski definition) is 4. The molecular weight excluding hydrogens is 262 g/mol. The number of aromatic nitrogens is 1. The van der Waals surface area contributed by atoms with E-state index in [-0.39, 0.29) is 5.41 Å². The first-order chi connectivity index (χ1) is 10.0. The van der Waals surface area contributed by atoms with Gasteiger partial charge in [-0.05, 0) is 59.1 Å². The Labute approximate surface area is 128 Å². The lowest BCUT2D eigenvalue weighted by atomic mass is 9.78. The normalized spacial score (nSPS) is 19.1. The van der Waals surface area contributed by atoms with Crippen molar-refractivity contribution in [2.45, 2.75) is 26.2 Å². The molecule has 1 saturated heterocycles. The fourth-order valence-electron chi connectivity index (χ4n) is 3.30. The van der Waals surface area contributed by atoms with Crippen LogP contribution in [-0.2, 0) is 6.42 Å². The summed E-state index contributed by atoms with van der Waals surface area (Å²) >= 11 is 0. The van der Waals surface area contributed by atoms with Gasteiger partial charge in [0.2, 0.25) is 0 Å². The molecule has 4 heteroatoms. The molecule has 0 bridgehead atoms. The molecule has 21 heavy (non-hydrogen) atoms. The van der Waals surface area contributed by atoms with Crippen LogP contribution in [-0.4, -0.2) is 66.8 Å². The van der Waals surface area contributed by atoms with E-state index in [0.717, 1.165) is 51.1 Å². The van der Waals surface area contributed by atoms with E-state index >= 15 is 0 Å². The monoisotopic (exact) mass is 291 g/mol. The van der Waals surface area contributed by atoms with Crippen LogP contribution in [0.15, 0.2) is 18.2 Å². The number of nitrogens with zero attached hydrogens (tertiary/aromatic N) is 3. The summed E-state index contributed by atoms with van der Waals surface area (Å²) in [5.41, 5.74) is 2.38. The van der Waals surface area contributed by atoms with Crippen LogP contribution in [0.25, 0.3) is 0 Å². The summed E-state index contributed by atoms with van der Waals surface area (Å²) in [5.74, 6) is 0. The van der Waals surface area contributed by atoms with E-state index in [1.807, 2.05) is 13.0 Å². The number of aliphatic hydroxyl groups excluding tert-OH is 1. The third-order valence-corrected chi connectivity index (χ3v) is 4.53. The molecule has 0 atom stereocenters. The molecule has 1 fully saturated rings. The van der Waals surface area contributed by atoms with Crippen molar-refractivity contribution in [3.05, 3.63) is 29.6 Å². The molecule has 118 valence electrons. The molecule has 0 radical (unpaired) electrons. The SMILES string of the molecule is Cc1cccc(CCN2CCC(CO)(CN(C)C)CC2)n1. The van der Waals surface area contributed by atoms with E-state index in [4.69, 9.17) is 0 Å². The minimum Gasteiger partial charge on any atom is -0.396 e. The Kier molecular flexibility index (Phi) is 5.73. The van der Waals surface area contributed by atoms with E-state index in [0.29, 0.717) is 6.61 Å². The molecule has 0 unspecified atom stereocenters. The van der Waals surface area contributed by atoms with Crippen molar-refractivity contribution in [2.24, 2.45) is 5.41 Å². The van der Waals surface area contributed by atoms with Gasteiger partial charge in [0.1, 0.15) is 0 Å². The standard InChI is InChI=1S/C17H29N3O/c1-15-5-4-6-16(18-15)7-10-20-11-8-17(14-21,9-12-20)13-19(2)3/h4-6,21H,7-14H2,1-3H3. The lowest BCUT2D eigenvalue weighted by Gasteiger charge is -2.42. The first-order valence-corrected chi connectivity index (χ1v) is 7.93. The molecule has 1 N–H and O–H groups in total. The Morgan fingerprint density at radius 2 is 2.00 bits per heavy atom. The quantitative estimate of drug-likeness (QED) is 0.863. The Bertz CT molecular complexity index is 439. The number of aryl methyl sites for hydroxylation is 1. The maximum atomic E-state index is 9.76. The summed E-state index contributed by atoms with van der Waals surface area (Å²) in [6, 6.07) is 6.24. The molecule has 0 saturated carbocycles. The molecular formula is C17H29N3O. The average Bonchev–Trinajstić information content (AvgIpc) is 2.46. The van der Waals surface area contributed by atoms with Gasteiger partial charge in [-0.2, -0.15) is 0 Å². The zero-order chi connectivity index (χ0) is 15.3. The van der Waals surface area contributed by atoms with Gasteiger partial charge < -0.3 is 14.9 Å². The van der Waals surface area contributed by atoms with Crippen LogP contribution in [0.1, 0.15) is 24.2 Å². The van der Waals surface area contributed by atoms with Gasteiger partial charge in [0.25, 0.3) is 0 Å². The van der Waals surface area contributed by atoms with Crippen LogP contribution in [0.4, 0.5) is 0 Å². The highest BCUT2D eigenvalue weighted by Crippen LogP contribution is 2.31. The Balaban J connectivity index is 1.81. The minimum absolute atomic E-state index is 0.0988. The second kappa shape index (κ2) is 7.34. The van der Waals surface area contributed by atoms with E-state index in [9.17, 15) is 5.11 Å². The topological polar surface area (TPSA) is 39.6 Å². The predicted octanol–water partition coefficient (Wildman–Crippen LogP) is 1.57. The molecule has 1 aromatic heterocycles. The second-order valence-corrected chi connectivity index (χ2v) is 6.76. The highest BCUT2D eigenvalue weighted by atomic mass is 16.3. The lowest BCUT2D eigenvalue weighted by molar-refractivity contribution is 0.0245. The Morgan fingerprint density at radius 3 is 2.57 bits per heavy atom. The molecule has 1 aliphatic heterocycles. The number of piperidine rings is 1.